The lowest BCUT2D eigenvalue weighted by atomic mass is 10.0. The number of benzene rings is 2. The lowest BCUT2D eigenvalue weighted by molar-refractivity contribution is -0.132. The van der Waals surface area contributed by atoms with Crippen molar-refractivity contribution in [1.29, 1.82) is 0 Å². The number of carbonyl (C=O) groups is 2. The Balaban J connectivity index is 1.53. The molecule has 2 aromatic carbocycles. The minimum atomic E-state index is -0.0843. The van der Waals surface area contributed by atoms with Crippen molar-refractivity contribution < 1.29 is 18.7 Å². The molecule has 1 heterocycles. The number of methoxy groups -OCH3 is 1. The zero-order valence-electron chi connectivity index (χ0n) is 17.3. The van der Waals surface area contributed by atoms with Crippen molar-refractivity contribution in [2.75, 3.05) is 7.11 Å². The van der Waals surface area contributed by atoms with Crippen molar-refractivity contribution in [3.05, 3.63) is 64.5 Å². The van der Waals surface area contributed by atoms with E-state index in [9.17, 15) is 9.59 Å². The standard InChI is InChI=1S/C23H22ClN3O4/c1-14(28)15-7-10-20(30-2)16(11-15)12-22(29)27(17-8-9-17)13-21-25-26-23(31-21)18-5-3-4-6-19(18)24/h3-7,10-11,17H,8-9,12-13H2,1-2H3. The number of nitrogens with zero attached hydrogens (tertiary/aromatic N) is 3. The largest absolute Gasteiger partial charge is 0.496 e. The fourth-order valence-electron chi connectivity index (χ4n) is 3.41. The van der Waals surface area contributed by atoms with Gasteiger partial charge in [0.1, 0.15) is 5.75 Å². The van der Waals surface area contributed by atoms with E-state index in [1.54, 1.807) is 42.3 Å². The molecule has 1 aliphatic rings. The van der Waals surface area contributed by atoms with Crippen LogP contribution in [0.15, 0.2) is 46.9 Å². The molecule has 160 valence electrons. The van der Waals surface area contributed by atoms with Gasteiger partial charge in [-0.25, -0.2) is 0 Å². The minimum absolute atomic E-state index is 0.0617. The fraction of sp³-hybridized carbons (Fsp3) is 0.304. The van der Waals surface area contributed by atoms with E-state index in [4.69, 9.17) is 20.8 Å². The average Bonchev–Trinajstić information content (AvgIpc) is 3.50. The van der Waals surface area contributed by atoms with Crippen LogP contribution in [0.2, 0.25) is 5.02 Å². The van der Waals surface area contributed by atoms with Gasteiger partial charge >= 0.3 is 0 Å². The molecule has 0 N–H and O–H groups in total. The summed E-state index contributed by atoms with van der Waals surface area (Å²) in [5.41, 5.74) is 1.87. The van der Waals surface area contributed by atoms with Crippen LogP contribution in [-0.4, -0.2) is 39.9 Å². The molecule has 4 rings (SSSR count). The van der Waals surface area contributed by atoms with E-state index in [1.165, 1.54) is 6.92 Å². The first-order valence-corrected chi connectivity index (χ1v) is 10.4. The Bertz CT molecular complexity index is 1120. The van der Waals surface area contributed by atoms with Crippen LogP contribution in [0.3, 0.4) is 0 Å². The predicted molar refractivity (Wildman–Crippen MR) is 115 cm³/mol. The number of carbonyl (C=O) groups excluding carboxylic acids is 2. The Morgan fingerprint density at radius 1 is 1.19 bits per heavy atom. The summed E-state index contributed by atoms with van der Waals surface area (Å²) in [6, 6.07) is 12.5. The highest BCUT2D eigenvalue weighted by Crippen LogP contribution is 2.31. The van der Waals surface area contributed by atoms with Crippen LogP contribution in [-0.2, 0) is 17.8 Å². The maximum Gasteiger partial charge on any atom is 0.249 e. The number of rotatable bonds is 8. The van der Waals surface area contributed by atoms with Crippen LogP contribution in [0.4, 0.5) is 0 Å². The molecular formula is C23H22ClN3O4. The molecule has 0 unspecified atom stereocenters. The number of Topliss-reactive ketones (excluding diaryl/α,β-unsaturated/α-hetero) is 1. The Hall–Kier alpha value is -3.19. The number of amides is 1. The highest BCUT2D eigenvalue weighted by Gasteiger charge is 2.34. The van der Waals surface area contributed by atoms with Crippen LogP contribution in [0, 0.1) is 0 Å². The molecule has 1 aromatic heterocycles. The Morgan fingerprint density at radius 2 is 1.97 bits per heavy atom. The summed E-state index contributed by atoms with van der Waals surface area (Å²) in [5.74, 6) is 1.10. The third-order valence-electron chi connectivity index (χ3n) is 5.21. The van der Waals surface area contributed by atoms with E-state index in [0.717, 1.165) is 12.8 Å². The van der Waals surface area contributed by atoms with Crippen LogP contribution in [0.5, 0.6) is 5.75 Å². The van der Waals surface area contributed by atoms with E-state index < -0.39 is 0 Å². The number of halogens is 1. The molecule has 0 aliphatic heterocycles. The molecule has 0 atom stereocenters. The first kappa shape index (κ1) is 21.1. The summed E-state index contributed by atoms with van der Waals surface area (Å²) in [6.07, 6.45) is 1.98. The quantitative estimate of drug-likeness (QED) is 0.485. The summed E-state index contributed by atoms with van der Waals surface area (Å²) < 4.78 is 11.2. The molecule has 7 nitrogen and oxygen atoms in total. The third kappa shape index (κ3) is 4.77. The Morgan fingerprint density at radius 3 is 2.65 bits per heavy atom. The van der Waals surface area contributed by atoms with Crippen molar-refractivity contribution in [3.8, 4) is 17.2 Å². The number of aromatic nitrogens is 2. The summed E-state index contributed by atoms with van der Waals surface area (Å²) in [5, 5.41) is 8.71. The van der Waals surface area contributed by atoms with Crippen molar-refractivity contribution in [3.63, 3.8) is 0 Å². The molecule has 0 radical (unpaired) electrons. The van der Waals surface area contributed by atoms with E-state index >= 15 is 0 Å². The predicted octanol–water partition coefficient (Wildman–Crippen LogP) is 4.33. The summed E-state index contributed by atoms with van der Waals surface area (Å²) >= 11 is 6.21. The maximum absolute atomic E-state index is 13.2. The van der Waals surface area contributed by atoms with E-state index in [1.807, 2.05) is 12.1 Å². The van der Waals surface area contributed by atoms with Gasteiger partial charge in [0.05, 0.1) is 30.7 Å². The van der Waals surface area contributed by atoms with Gasteiger partial charge in [0, 0.05) is 17.2 Å². The van der Waals surface area contributed by atoms with Crippen LogP contribution in [0.25, 0.3) is 11.5 Å². The van der Waals surface area contributed by atoms with Gasteiger partial charge in [0.2, 0.25) is 17.7 Å². The topological polar surface area (TPSA) is 85.5 Å². The van der Waals surface area contributed by atoms with Crippen LogP contribution in [0.1, 0.15) is 41.6 Å². The Kier molecular flexibility index (Phi) is 6.04. The van der Waals surface area contributed by atoms with Crippen LogP contribution >= 0.6 is 11.6 Å². The minimum Gasteiger partial charge on any atom is -0.496 e. The molecule has 31 heavy (non-hydrogen) atoms. The molecule has 1 fully saturated rings. The molecule has 0 bridgehead atoms. The summed E-state index contributed by atoms with van der Waals surface area (Å²) in [4.78, 5) is 26.7. The van der Waals surface area contributed by atoms with Gasteiger partial charge in [-0.15, -0.1) is 10.2 Å². The zero-order valence-corrected chi connectivity index (χ0v) is 18.1. The van der Waals surface area contributed by atoms with E-state index in [0.29, 0.717) is 39.2 Å². The fourth-order valence-corrected chi connectivity index (χ4v) is 3.63. The number of ether oxygens (including phenoxy) is 1. The molecular weight excluding hydrogens is 418 g/mol. The zero-order chi connectivity index (χ0) is 22.0. The lowest BCUT2D eigenvalue weighted by Crippen LogP contribution is -2.34. The normalized spacial score (nSPS) is 13.1. The second-order valence-electron chi connectivity index (χ2n) is 7.49. The average molecular weight is 440 g/mol. The molecule has 1 aliphatic carbocycles. The molecule has 0 saturated heterocycles. The maximum atomic E-state index is 13.2. The number of hydrogen-bond donors (Lipinski definition) is 0. The molecule has 0 spiro atoms. The molecule has 1 saturated carbocycles. The molecule has 3 aromatic rings. The third-order valence-corrected chi connectivity index (χ3v) is 5.54. The van der Waals surface area contributed by atoms with Gasteiger partial charge in [-0.1, -0.05) is 23.7 Å². The molecule has 8 heteroatoms. The second kappa shape index (κ2) is 8.89. The van der Waals surface area contributed by atoms with Gasteiger partial charge in [-0.2, -0.15) is 0 Å². The van der Waals surface area contributed by atoms with Gasteiger partial charge in [-0.3, -0.25) is 9.59 Å². The molecule has 1 amide bonds. The number of ketones is 1. The summed E-state index contributed by atoms with van der Waals surface area (Å²) in [7, 11) is 1.55. The van der Waals surface area contributed by atoms with Gasteiger partial charge in [-0.05, 0) is 50.1 Å². The SMILES string of the molecule is COc1ccc(C(C)=O)cc1CC(=O)N(Cc1nnc(-c2ccccc2Cl)o1)C1CC1. The highest BCUT2D eigenvalue weighted by molar-refractivity contribution is 6.33. The van der Waals surface area contributed by atoms with Gasteiger partial charge in [0.15, 0.2) is 5.78 Å². The lowest BCUT2D eigenvalue weighted by Gasteiger charge is -2.21. The summed E-state index contributed by atoms with van der Waals surface area (Å²) in [6.45, 7) is 1.71. The van der Waals surface area contributed by atoms with Crippen LogP contribution < -0.4 is 4.74 Å². The monoisotopic (exact) mass is 439 g/mol. The first-order chi connectivity index (χ1) is 15.0. The van der Waals surface area contributed by atoms with Crippen molar-refractivity contribution in [1.82, 2.24) is 15.1 Å². The van der Waals surface area contributed by atoms with E-state index in [-0.39, 0.29) is 30.7 Å². The van der Waals surface area contributed by atoms with Gasteiger partial charge < -0.3 is 14.1 Å². The second-order valence-corrected chi connectivity index (χ2v) is 7.90. The smallest absolute Gasteiger partial charge is 0.249 e. The highest BCUT2D eigenvalue weighted by atomic mass is 35.5. The van der Waals surface area contributed by atoms with Crippen molar-refractivity contribution in [2.45, 2.75) is 38.8 Å². The van der Waals surface area contributed by atoms with Crippen molar-refractivity contribution in [2.24, 2.45) is 0 Å². The van der Waals surface area contributed by atoms with Crippen molar-refractivity contribution >= 4 is 23.3 Å². The number of hydrogen-bond acceptors (Lipinski definition) is 6. The van der Waals surface area contributed by atoms with Gasteiger partial charge in [0.25, 0.3) is 0 Å². The Labute approximate surface area is 185 Å². The first-order valence-electron chi connectivity index (χ1n) is 10.0. The van der Waals surface area contributed by atoms with E-state index in [2.05, 4.69) is 10.2 Å².